The van der Waals surface area contributed by atoms with Gasteiger partial charge in [0.25, 0.3) is 0 Å². The van der Waals surface area contributed by atoms with Crippen molar-refractivity contribution in [1.82, 2.24) is 10.2 Å². The second kappa shape index (κ2) is 12.0. The van der Waals surface area contributed by atoms with Crippen LogP contribution in [0.25, 0.3) is 0 Å². The lowest BCUT2D eigenvalue weighted by molar-refractivity contribution is -0.141. The van der Waals surface area contributed by atoms with E-state index in [1.54, 1.807) is 4.90 Å². The molecule has 0 spiro atoms. The highest BCUT2D eigenvalue weighted by Crippen LogP contribution is 2.18. The Balaban J connectivity index is 1.90. The highest BCUT2D eigenvalue weighted by Gasteiger charge is 2.30. The molecule has 0 aromatic heterocycles. The molecule has 1 N–H and O–H groups in total. The van der Waals surface area contributed by atoms with Crippen molar-refractivity contribution in [2.24, 2.45) is 0 Å². The topological polar surface area (TPSA) is 49.4 Å². The Kier molecular flexibility index (Phi) is 8.82. The third-order valence-electron chi connectivity index (χ3n) is 5.61. The molecule has 33 heavy (non-hydrogen) atoms. The fourth-order valence-corrected chi connectivity index (χ4v) is 3.98. The van der Waals surface area contributed by atoms with Gasteiger partial charge < -0.3 is 10.2 Å². The Labute approximate surface area is 197 Å². The van der Waals surface area contributed by atoms with Crippen molar-refractivity contribution in [3.05, 3.63) is 107 Å². The van der Waals surface area contributed by atoms with Gasteiger partial charge in [-0.05, 0) is 43.9 Å². The van der Waals surface area contributed by atoms with Gasteiger partial charge in [-0.3, -0.25) is 9.59 Å². The van der Waals surface area contributed by atoms with Gasteiger partial charge in [0.1, 0.15) is 6.04 Å². The Morgan fingerprint density at radius 2 is 1.42 bits per heavy atom. The summed E-state index contributed by atoms with van der Waals surface area (Å²) in [4.78, 5) is 28.7. The monoisotopic (exact) mass is 442 g/mol. The van der Waals surface area contributed by atoms with Gasteiger partial charge in [-0.25, -0.2) is 0 Å². The van der Waals surface area contributed by atoms with Crippen LogP contribution < -0.4 is 5.32 Å². The molecular weight excluding hydrogens is 408 g/mol. The maximum atomic E-state index is 13.6. The van der Waals surface area contributed by atoms with E-state index >= 15 is 0 Å². The zero-order valence-electron chi connectivity index (χ0n) is 19.8. The summed E-state index contributed by atoms with van der Waals surface area (Å²) in [6.45, 7) is 6.33. The number of hydrogen-bond donors (Lipinski definition) is 1. The maximum Gasteiger partial charge on any atom is 0.243 e. The van der Waals surface area contributed by atoms with Crippen LogP contribution in [0.1, 0.15) is 42.5 Å². The van der Waals surface area contributed by atoms with Gasteiger partial charge in [-0.15, -0.1) is 0 Å². The molecule has 0 saturated heterocycles. The van der Waals surface area contributed by atoms with Crippen molar-refractivity contribution in [3.8, 4) is 0 Å². The van der Waals surface area contributed by atoms with E-state index in [1.807, 2.05) is 99.6 Å². The number of nitrogens with zero attached hydrogens (tertiary/aromatic N) is 1. The summed E-state index contributed by atoms with van der Waals surface area (Å²) in [7, 11) is 0. The quantitative estimate of drug-likeness (QED) is 0.475. The van der Waals surface area contributed by atoms with Crippen molar-refractivity contribution in [3.63, 3.8) is 0 Å². The van der Waals surface area contributed by atoms with Crippen LogP contribution in [0.15, 0.2) is 84.9 Å². The van der Waals surface area contributed by atoms with Crippen molar-refractivity contribution >= 4 is 11.8 Å². The minimum Gasteiger partial charge on any atom is -0.352 e. The lowest BCUT2D eigenvalue weighted by Crippen LogP contribution is -2.51. The molecule has 0 aliphatic heterocycles. The van der Waals surface area contributed by atoms with E-state index in [4.69, 9.17) is 0 Å². The van der Waals surface area contributed by atoms with Gasteiger partial charge in [0.05, 0.1) is 0 Å². The Bertz CT molecular complexity index is 1030. The second-order valence-electron chi connectivity index (χ2n) is 8.87. The normalized spacial score (nSPS) is 11.8. The number of carbonyl (C=O) groups is 2. The number of aryl methyl sites for hydroxylation is 2. The van der Waals surface area contributed by atoms with Crippen LogP contribution in [-0.2, 0) is 29.0 Å². The maximum absolute atomic E-state index is 13.6. The van der Waals surface area contributed by atoms with Crippen molar-refractivity contribution in [1.29, 1.82) is 0 Å². The van der Waals surface area contributed by atoms with E-state index < -0.39 is 6.04 Å². The average Bonchev–Trinajstić information content (AvgIpc) is 2.80. The highest BCUT2D eigenvalue weighted by molar-refractivity contribution is 5.88. The van der Waals surface area contributed by atoms with Gasteiger partial charge in [0, 0.05) is 25.4 Å². The van der Waals surface area contributed by atoms with Crippen LogP contribution in [0, 0.1) is 6.92 Å². The largest absolute Gasteiger partial charge is 0.352 e. The molecule has 0 heterocycles. The number of hydrogen-bond acceptors (Lipinski definition) is 2. The average molecular weight is 443 g/mol. The fourth-order valence-electron chi connectivity index (χ4n) is 3.98. The first-order chi connectivity index (χ1) is 15.9. The van der Waals surface area contributed by atoms with Crippen LogP contribution >= 0.6 is 0 Å². The molecule has 4 heteroatoms. The summed E-state index contributed by atoms with van der Waals surface area (Å²) < 4.78 is 0. The molecule has 0 saturated carbocycles. The molecule has 0 fully saturated rings. The van der Waals surface area contributed by atoms with Crippen molar-refractivity contribution in [2.45, 2.75) is 58.7 Å². The van der Waals surface area contributed by atoms with Crippen LogP contribution in [0.4, 0.5) is 0 Å². The third-order valence-corrected chi connectivity index (χ3v) is 5.61. The SMILES string of the molecule is Cc1cccc(CN(C(=O)CCc2ccccc2)[C@@H](Cc2ccccc2)C(=O)NC(C)C)c1. The van der Waals surface area contributed by atoms with Gasteiger partial charge in [-0.2, -0.15) is 0 Å². The fraction of sp³-hybridized carbons (Fsp3) is 0.310. The smallest absolute Gasteiger partial charge is 0.243 e. The first kappa shape index (κ1) is 24.2. The molecule has 0 unspecified atom stereocenters. The molecule has 0 radical (unpaired) electrons. The van der Waals surface area contributed by atoms with E-state index in [0.717, 1.165) is 22.3 Å². The molecule has 0 aliphatic carbocycles. The molecule has 0 aliphatic rings. The molecule has 3 aromatic carbocycles. The first-order valence-corrected chi connectivity index (χ1v) is 11.7. The van der Waals surface area contributed by atoms with E-state index in [-0.39, 0.29) is 17.9 Å². The third kappa shape index (κ3) is 7.60. The van der Waals surface area contributed by atoms with Crippen molar-refractivity contribution in [2.75, 3.05) is 0 Å². The number of amides is 2. The minimum absolute atomic E-state index is 0.00369. The molecule has 3 rings (SSSR count). The zero-order valence-corrected chi connectivity index (χ0v) is 19.8. The van der Waals surface area contributed by atoms with E-state index in [2.05, 4.69) is 11.4 Å². The second-order valence-corrected chi connectivity index (χ2v) is 8.87. The molecule has 4 nitrogen and oxygen atoms in total. The number of carbonyl (C=O) groups excluding carboxylic acids is 2. The molecule has 172 valence electrons. The Morgan fingerprint density at radius 1 is 0.818 bits per heavy atom. The number of nitrogens with one attached hydrogen (secondary N) is 1. The van der Waals surface area contributed by atoms with Gasteiger partial charge >= 0.3 is 0 Å². The summed E-state index contributed by atoms with van der Waals surface area (Å²) in [5, 5.41) is 3.04. The van der Waals surface area contributed by atoms with Gasteiger partial charge in [0.2, 0.25) is 11.8 Å². The summed E-state index contributed by atoms with van der Waals surface area (Å²) in [6.07, 6.45) is 1.48. The van der Waals surface area contributed by atoms with Crippen molar-refractivity contribution < 1.29 is 9.59 Å². The Morgan fingerprint density at radius 3 is 2.03 bits per heavy atom. The summed E-state index contributed by atoms with van der Waals surface area (Å²) in [6, 6.07) is 27.5. The lowest BCUT2D eigenvalue weighted by Gasteiger charge is -2.32. The van der Waals surface area contributed by atoms with Crippen LogP contribution in [0.5, 0.6) is 0 Å². The minimum atomic E-state index is -0.585. The predicted octanol–water partition coefficient (Wildman–Crippen LogP) is 5.09. The molecule has 2 amide bonds. The molecule has 0 bridgehead atoms. The summed E-state index contributed by atoms with van der Waals surface area (Å²) in [5.74, 6) is -0.130. The number of rotatable bonds is 10. The summed E-state index contributed by atoms with van der Waals surface area (Å²) >= 11 is 0. The van der Waals surface area contributed by atoms with E-state index in [1.165, 1.54) is 0 Å². The Hall–Kier alpha value is -3.40. The lowest BCUT2D eigenvalue weighted by atomic mass is 10.0. The van der Waals surface area contributed by atoms with Gasteiger partial charge in [-0.1, -0.05) is 90.5 Å². The predicted molar refractivity (Wildman–Crippen MR) is 134 cm³/mol. The van der Waals surface area contributed by atoms with Crippen LogP contribution in [0.2, 0.25) is 0 Å². The number of benzene rings is 3. The first-order valence-electron chi connectivity index (χ1n) is 11.7. The van der Waals surface area contributed by atoms with E-state index in [9.17, 15) is 9.59 Å². The molecule has 3 aromatic rings. The van der Waals surface area contributed by atoms with Crippen LogP contribution in [-0.4, -0.2) is 28.8 Å². The molecular formula is C29H34N2O2. The van der Waals surface area contributed by atoms with E-state index in [0.29, 0.717) is 25.8 Å². The van der Waals surface area contributed by atoms with Gasteiger partial charge in [0.15, 0.2) is 0 Å². The highest BCUT2D eigenvalue weighted by atomic mass is 16.2. The van der Waals surface area contributed by atoms with Crippen LogP contribution in [0.3, 0.4) is 0 Å². The molecule has 1 atom stereocenters. The zero-order chi connectivity index (χ0) is 23.6. The standard InChI is InChI=1S/C29H34N2O2/c1-22(2)30-29(33)27(20-25-14-8-5-9-15-25)31(21-26-16-10-11-23(3)19-26)28(32)18-17-24-12-6-4-7-13-24/h4-16,19,22,27H,17-18,20-21H2,1-3H3,(H,30,33)/t27-/m0/s1. The summed E-state index contributed by atoms with van der Waals surface area (Å²) in [5.41, 5.74) is 4.31.